The third-order valence-corrected chi connectivity index (χ3v) is 4.52. The molecule has 0 amide bonds. The van der Waals surface area contributed by atoms with Gasteiger partial charge in [0, 0.05) is 0 Å². The Kier molecular flexibility index (Phi) is 4.61. The van der Waals surface area contributed by atoms with Crippen LogP contribution in [0, 0.1) is 26.2 Å². The summed E-state index contributed by atoms with van der Waals surface area (Å²) in [6, 6.07) is 11.9. The quantitative estimate of drug-likeness (QED) is 0.613. The smallest absolute Gasteiger partial charge is 0.171 e. The number of hydrogen-bond acceptors (Lipinski definition) is 0. The molecule has 23 heavy (non-hydrogen) atoms. The molecule has 0 aromatic heterocycles. The Balaban J connectivity index is 2.33. The minimum atomic E-state index is -4.20. The molecule has 0 spiro atoms. The van der Waals surface area contributed by atoms with E-state index < -0.39 is 11.6 Å². The fourth-order valence-electron chi connectivity index (χ4n) is 2.68. The van der Waals surface area contributed by atoms with Crippen LogP contribution in [0.1, 0.15) is 36.1 Å². The van der Waals surface area contributed by atoms with Crippen molar-refractivity contribution in [3.05, 3.63) is 58.7 Å². The van der Waals surface area contributed by atoms with Crippen molar-refractivity contribution in [2.24, 2.45) is 5.41 Å². The SMILES string of the molecule is Cc1ccc(-c2ccc(CC(C)(C)C(F)(F)F)cc2C)cc1C. The van der Waals surface area contributed by atoms with Crippen LogP contribution in [0.25, 0.3) is 11.1 Å². The van der Waals surface area contributed by atoms with Gasteiger partial charge in [0.05, 0.1) is 5.41 Å². The van der Waals surface area contributed by atoms with E-state index in [-0.39, 0.29) is 6.42 Å². The van der Waals surface area contributed by atoms with E-state index in [1.165, 1.54) is 25.0 Å². The van der Waals surface area contributed by atoms with Crippen molar-refractivity contribution in [3.8, 4) is 11.1 Å². The highest BCUT2D eigenvalue weighted by Crippen LogP contribution is 2.40. The number of alkyl halides is 3. The molecule has 0 aliphatic rings. The largest absolute Gasteiger partial charge is 0.394 e. The topological polar surface area (TPSA) is 0 Å². The summed E-state index contributed by atoms with van der Waals surface area (Å²) in [6.07, 6.45) is -4.21. The number of benzene rings is 2. The van der Waals surface area contributed by atoms with Crippen molar-refractivity contribution < 1.29 is 13.2 Å². The van der Waals surface area contributed by atoms with E-state index in [0.717, 1.165) is 22.3 Å². The summed E-state index contributed by atoms with van der Waals surface area (Å²) >= 11 is 0. The molecule has 124 valence electrons. The lowest BCUT2D eigenvalue weighted by atomic mass is 9.84. The normalized spacial score (nSPS) is 12.5. The van der Waals surface area contributed by atoms with Gasteiger partial charge >= 0.3 is 6.18 Å². The van der Waals surface area contributed by atoms with E-state index in [4.69, 9.17) is 0 Å². The minimum absolute atomic E-state index is 0.00938. The first-order valence-electron chi connectivity index (χ1n) is 7.75. The van der Waals surface area contributed by atoms with Gasteiger partial charge in [0.25, 0.3) is 0 Å². The molecule has 0 heterocycles. The van der Waals surface area contributed by atoms with Crippen molar-refractivity contribution in [1.82, 2.24) is 0 Å². The summed E-state index contributed by atoms with van der Waals surface area (Å²) < 4.78 is 39.1. The molecule has 0 atom stereocenters. The first kappa shape index (κ1) is 17.6. The Morgan fingerprint density at radius 2 is 1.43 bits per heavy atom. The predicted molar refractivity (Wildman–Crippen MR) is 89.6 cm³/mol. The fourth-order valence-corrected chi connectivity index (χ4v) is 2.68. The lowest BCUT2D eigenvalue weighted by molar-refractivity contribution is -0.211. The molecule has 0 nitrogen and oxygen atoms in total. The first-order chi connectivity index (χ1) is 10.5. The molecular formula is C20H23F3. The van der Waals surface area contributed by atoms with E-state index in [0.29, 0.717) is 0 Å². The molecular weight excluding hydrogens is 297 g/mol. The van der Waals surface area contributed by atoms with E-state index in [9.17, 15) is 13.2 Å². The maximum absolute atomic E-state index is 13.0. The Labute approximate surface area is 136 Å². The van der Waals surface area contributed by atoms with Gasteiger partial charge in [-0.1, -0.05) is 50.2 Å². The van der Waals surface area contributed by atoms with Crippen LogP contribution >= 0.6 is 0 Å². The lowest BCUT2D eigenvalue weighted by Crippen LogP contribution is -2.34. The molecule has 0 radical (unpaired) electrons. The Hall–Kier alpha value is -1.77. The highest BCUT2D eigenvalue weighted by atomic mass is 19.4. The second-order valence-electron chi connectivity index (χ2n) is 7.01. The van der Waals surface area contributed by atoms with Crippen molar-refractivity contribution in [2.45, 2.75) is 47.2 Å². The van der Waals surface area contributed by atoms with Gasteiger partial charge < -0.3 is 0 Å². The molecule has 0 saturated heterocycles. The van der Waals surface area contributed by atoms with E-state index in [2.05, 4.69) is 32.0 Å². The lowest BCUT2D eigenvalue weighted by Gasteiger charge is -2.28. The van der Waals surface area contributed by atoms with E-state index >= 15 is 0 Å². The molecule has 2 rings (SSSR count). The van der Waals surface area contributed by atoms with Gasteiger partial charge in [-0.3, -0.25) is 0 Å². The fraction of sp³-hybridized carbons (Fsp3) is 0.400. The molecule has 0 aliphatic heterocycles. The molecule has 0 fully saturated rings. The predicted octanol–water partition coefficient (Wildman–Crippen LogP) is 6.41. The summed E-state index contributed by atoms with van der Waals surface area (Å²) in [4.78, 5) is 0. The number of aryl methyl sites for hydroxylation is 3. The molecule has 0 aliphatic carbocycles. The maximum atomic E-state index is 13.0. The van der Waals surface area contributed by atoms with Crippen molar-refractivity contribution in [1.29, 1.82) is 0 Å². The Morgan fingerprint density at radius 3 is 1.96 bits per heavy atom. The third kappa shape index (κ3) is 3.77. The van der Waals surface area contributed by atoms with Crippen molar-refractivity contribution in [2.75, 3.05) is 0 Å². The zero-order valence-corrected chi connectivity index (χ0v) is 14.3. The van der Waals surface area contributed by atoms with Gasteiger partial charge in [-0.25, -0.2) is 0 Å². The molecule has 2 aromatic rings. The molecule has 0 saturated carbocycles. The summed E-state index contributed by atoms with van der Waals surface area (Å²) in [7, 11) is 0. The van der Waals surface area contributed by atoms with Crippen LogP contribution in [0.5, 0.6) is 0 Å². The number of rotatable bonds is 3. The van der Waals surface area contributed by atoms with Crippen molar-refractivity contribution in [3.63, 3.8) is 0 Å². The van der Waals surface area contributed by atoms with Crippen LogP contribution in [0.4, 0.5) is 13.2 Å². The standard InChI is InChI=1S/C20H23F3/c1-13-6-8-17(11-14(13)2)18-9-7-16(10-15(18)3)12-19(4,5)20(21,22)23/h6-11H,12H2,1-5H3. The maximum Gasteiger partial charge on any atom is 0.394 e. The molecule has 2 aromatic carbocycles. The van der Waals surface area contributed by atoms with Gasteiger partial charge in [-0.15, -0.1) is 0 Å². The monoisotopic (exact) mass is 320 g/mol. The second kappa shape index (κ2) is 6.03. The van der Waals surface area contributed by atoms with E-state index in [1.54, 1.807) is 0 Å². The summed E-state index contributed by atoms with van der Waals surface area (Å²) in [5, 5.41) is 0. The van der Waals surface area contributed by atoms with Gasteiger partial charge in [-0.05, 0) is 60.6 Å². The van der Waals surface area contributed by atoms with Crippen LogP contribution in [0.2, 0.25) is 0 Å². The van der Waals surface area contributed by atoms with Crippen LogP contribution < -0.4 is 0 Å². The number of halogens is 3. The minimum Gasteiger partial charge on any atom is -0.171 e. The second-order valence-corrected chi connectivity index (χ2v) is 7.01. The summed E-state index contributed by atoms with van der Waals surface area (Å²) in [6.45, 7) is 8.58. The van der Waals surface area contributed by atoms with Gasteiger partial charge in [0.1, 0.15) is 0 Å². The third-order valence-electron chi connectivity index (χ3n) is 4.52. The molecule has 0 bridgehead atoms. The van der Waals surface area contributed by atoms with Crippen molar-refractivity contribution >= 4 is 0 Å². The van der Waals surface area contributed by atoms with Crippen LogP contribution in [-0.4, -0.2) is 6.18 Å². The first-order valence-corrected chi connectivity index (χ1v) is 7.75. The molecule has 0 unspecified atom stereocenters. The zero-order valence-electron chi connectivity index (χ0n) is 14.3. The highest BCUT2D eigenvalue weighted by Gasteiger charge is 2.46. The average Bonchev–Trinajstić information content (AvgIpc) is 2.40. The van der Waals surface area contributed by atoms with Gasteiger partial charge in [-0.2, -0.15) is 13.2 Å². The molecule has 0 N–H and O–H groups in total. The van der Waals surface area contributed by atoms with Gasteiger partial charge in [0.15, 0.2) is 0 Å². The highest BCUT2D eigenvalue weighted by molar-refractivity contribution is 5.68. The zero-order chi connectivity index (χ0) is 17.4. The number of hydrogen-bond donors (Lipinski definition) is 0. The molecule has 3 heteroatoms. The van der Waals surface area contributed by atoms with Gasteiger partial charge in [0.2, 0.25) is 0 Å². The summed E-state index contributed by atoms with van der Waals surface area (Å²) in [5.74, 6) is 0. The van der Waals surface area contributed by atoms with E-state index in [1.807, 2.05) is 25.1 Å². The summed E-state index contributed by atoms with van der Waals surface area (Å²) in [5.41, 5.74) is 4.62. The average molecular weight is 320 g/mol. The van der Waals surface area contributed by atoms with Crippen LogP contribution in [0.15, 0.2) is 36.4 Å². The Morgan fingerprint density at radius 1 is 0.783 bits per heavy atom. The van der Waals surface area contributed by atoms with Crippen LogP contribution in [0.3, 0.4) is 0 Å². The Bertz CT molecular complexity index is 709. The van der Waals surface area contributed by atoms with Crippen LogP contribution in [-0.2, 0) is 6.42 Å².